The Labute approximate surface area is 113 Å². The molecule has 18 heavy (non-hydrogen) atoms. The molecule has 2 rings (SSSR count). The Morgan fingerprint density at radius 2 is 1.50 bits per heavy atom. The topological polar surface area (TPSA) is 20.2 Å². The maximum absolute atomic E-state index is 10.9. The van der Waals surface area contributed by atoms with Gasteiger partial charge < -0.3 is 5.11 Å². The van der Waals surface area contributed by atoms with Crippen LogP contribution in [0.3, 0.4) is 0 Å². The molecule has 0 saturated heterocycles. The van der Waals surface area contributed by atoms with E-state index < -0.39 is 0 Å². The predicted octanol–water partition coefficient (Wildman–Crippen LogP) is 4.92. The zero-order chi connectivity index (χ0) is 13.0. The fourth-order valence-electron chi connectivity index (χ4n) is 4.39. The molecular formula is C17H32O. The minimum atomic E-state index is -0.289. The summed E-state index contributed by atoms with van der Waals surface area (Å²) in [4.78, 5) is 0. The standard InChI is InChI=1S/C17H32O/c1-3-5-15-10-12-17(18,13-11-15)16-8-6-14(4-2)7-9-16/h14-16,18H,3-13H2,1-2H3. The first-order valence-electron chi connectivity index (χ1n) is 8.40. The van der Waals surface area contributed by atoms with Gasteiger partial charge in [0.15, 0.2) is 0 Å². The lowest BCUT2D eigenvalue weighted by molar-refractivity contribution is -0.0750. The molecule has 1 nitrogen and oxygen atoms in total. The monoisotopic (exact) mass is 252 g/mol. The van der Waals surface area contributed by atoms with E-state index in [-0.39, 0.29) is 5.60 Å². The fraction of sp³-hybridized carbons (Fsp3) is 1.00. The Balaban J connectivity index is 1.82. The molecule has 0 heterocycles. The lowest BCUT2D eigenvalue weighted by Crippen LogP contribution is -2.43. The highest BCUT2D eigenvalue weighted by atomic mass is 16.3. The third-order valence-electron chi connectivity index (χ3n) is 5.85. The lowest BCUT2D eigenvalue weighted by atomic mass is 9.65. The Kier molecular flexibility index (Phi) is 5.12. The normalized spacial score (nSPS) is 41.8. The summed E-state index contributed by atoms with van der Waals surface area (Å²) in [5.74, 6) is 2.46. The second-order valence-corrected chi connectivity index (χ2v) is 6.96. The molecule has 0 aromatic rings. The van der Waals surface area contributed by atoms with Crippen molar-refractivity contribution in [3.8, 4) is 0 Å². The average Bonchev–Trinajstić information content (AvgIpc) is 2.42. The summed E-state index contributed by atoms with van der Waals surface area (Å²) in [6, 6.07) is 0. The molecule has 0 aliphatic heterocycles. The maximum Gasteiger partial charge on any atom is 0.0676 e. The van der Waals surface area contributed by atoms with E-state index in [9.17, 15) is 5.11 Å². The molecule has 2 aliphatic rings. The van der Waals surface area contributed by atoms with Crippen LogP contribution in [0.5, 0.6) is 0 Å². The van der Waals surface area contributed by atoms with Gasteiger partial charge in [-0.2, -0.15) is 0 Å². The molecule has 2 fully saturated rings. The first-order chi connectivity index (χ1) is 8.68. The minimum absolute atomic E-state index is 0.289. The summed E-state index contributed by atoms with van der Waals surface area (Å²) in [7, 11) is 0. The van der Waals surface area contributed by atoms with Crippen LogP contribution in [-0.4, -0.2) is 10.7 Å². The van der Waals surface area contributed by atoms with Gasteiger partial charge in [-0.1, -0.05) is 46.0 Å². The van der Waals surface area contributed by atoms with E-state index in [4.69, 9.17) is 0 Å². The minimum Gasteiger partial charge on any atom is -0.390 e. The molecule has 0 bridgehead atoms. The van der Waals surface area contributed by atoms with Crippen molar-refractivity contribution in [1.29, 1.82) is 0 Å². The van der Waals surface area contributed by atoms with Crippen molar-refractivity contribution in [2.24, 2.45) is 17.8 Å². The van der Waals surface area contributed by atoms with Crippen LogP contribution in [0.1, 0.15) is 84.5 Å². The molecule has 1 heteroatoms. The Morgan fingerprint density at radius 1 is 0.889 bits per heavy atom. The van der Waals surface area contributed by atoms with Gasteiger partial charge in [0.05, 0.1) is 5.60 Å². The highest BCUT2D eigenvalue weighted by Crippen LogP contribution is 2.45. The zero-order valence-electron chi connectivity index (χ0n) is 12.5. The van der Waals surface area contributed by atoms with Crippen LogP contribution in [0.4, 0.5) is 0 Å². The maximum atomic E-state index is 10.9. The second-order valence-electron chi connectivity index (χ2n) is 6.96. The Morgan fingerprint density at radius 3 is 2.00 bits per heavy atom. The van der Waals surface area contributed by atoms with E-state index >= 15 is 0 Å². The molecular weight excluding hydrogens is 220 g/mol. The number of rotatable bonds is 4. The van der Waals surface area contributed by atoms with Crippen LogP contribution in [0.2, 0.25) is 0 Å². The van der Waals surface area contributed by atoms with Gasteiger partial charge >= 0.3 is 0 Å². The van der Waals surface area contributed by atoms with Crippen LogP contribution < -0.4 is 0 Å². The van der Waals surface area contributed by atoms with Crippen LogP contribution >= 0.6 is 0 Å². The smallest absolute Gasteiger partial charge is 0.0676 e. The zero-order valence-corrected chi connectivity index (χ0v) is 12.5. The van der Waals surface area contributed by atoms with E-state index in [1.165, 1.54) is 57.8 Å². The summed E-state index contributed by atoms with van der Waals surface area (Å²) in [5, 5.41) is 10.9. The summed E-state index contributed by atoms with van der Waals surface area (Å²) >= 11 is 0. The van der Waals surface area contributed by atoms with Gasteiger partial charge in [-0.3, -0.25) is 0 Å². The van der Waals surface area contributed by atoms with Crippen molar-refractivity contribution >= 4 is 0 Å². The molecule has 0 spiro atoms. The van der Waals surface area contributed by atoms with Gasteiger partial charge in [0.25, 0.3) is 0 Å². The van der Waals surface area contributed by atoms with Gasteiger partial charge in [0.2, 0.25) is 0 Å². The average molecular weight is 252 g/mol. The third kappa shape index (κ3) is 3.29. The van der Waals surface area contributed by atoms with E-state index in [1.54, 1.807) is 0 Å². The van der Waals surface area contributed by atoms with Gasteiger partial charge in [0.1, 0.15) is 0 Å². The summed E-state index contributed by atoms with van der Waals surface area (Å²) in [6.45, 7) is 4.60. The molecule has 0 atom stereocenters. The van der Waals surface area contributed by atoms with E-state index in [0.717, 1.165) is 24.7 Å². The van der Waals surface area contributed by atoms with Crippen LogP contribution in [-0.2, 0) is 0 Å². The molecule has 0 radical (unpaired) electrons. The van der Waals surface area contributed by atoms with Crippen molar-refractivity contribution < 1.29 is 5.11 Å². The molecule has 1 N–H and O–H groups in total. The van der Waals surface area contributed by atoms with Gasteiger partial charge in [-0.25, -0.2) is 0 Å². The van der Waals surface area contributed by atoms with E-state index in [0.29, 0.717) is 5.92 Å². The third-order valence-corrected chi connectivity index (χ3v) is 5.85. The molecule has 0 aromatic heterocycles. The Hall–Kier alpha value is -0.0400. The molecule has 0 aromatic carbocycles. The van der Waals surface area contributed by atoms with Gasteiger partial charge in [-0.05, 0) is 56.3 Å². The molecule has 0 amide bonds. The summed E-state index contributed by atoms with van der Waals surface area (Å²) in [6.07, 6.45) is 14.0. The highest BCUT2D eigenvalue weighted by Gasteiger charge is 2.40. The number of hydrogen-bond donors (Lipinski definition) is 1. The van der Waals surface area contributed by atoms with Crippen molar-refractivity contribution in [2.75, 3.05) is 0 Å². The van der Waals surface area contributed by atoms with Crippen LogP contribution in [0.25, 0.3) is 0 Å². The molecule has 106 valence electrons. The van der Waals surface area contributed by atoms with Gasteiger partial charge in [-0.15, -0.1) is 0 Å². The summed E-state index contributed by atoms with van der Waals surface area (Å²) < 4.78 is 0. The van der Waals surface area contributed by atoms with E-state index in [2.05, 4.69) is 13.8 Å². The first kappa shape index (κ1) is 14.4. The first-order valence-corrected chi connectivity index (χ1v) is 8.40. The fourth-order valence-corrected chi connectivity index (χ4v) is 4.39. The van der Waals surface area contributed by atoms with Crippen molar-refractivity contribution in [2.45, 2.75) is 90.1 Å². The SMILES string of the molecule is CCCC1CCC(O)(C2CCC(CC)CC2)CC1. The molecule has 0 unspecified atom stereocenters. The summed E-state index contributed by atoms with van der Waals surface area (Å²) in [5.41, 5.74) is -0.289. The Bertz CT molecular complexity index is 232. The quantitative estimate of drug-likeness (QED) is 0.752. The van der Waals surface area contributed by atoms with Crippen LogP contribution in [0, 0.1) is 17.8 Å². The number of hydrogen-bond acceptors (Lipinski definition) is 1. The van der Waals surface area contributed by atoms with Crippen LogP contribution in [0.15, 0.2) is 0 Å². The van der Waals surface area contributed by atoms with Crippen molar-refractivity contribution in [3.05, 3.63) is 0 Å². The van der Waals surface area contributed by atoms with Crippen molar-refractivity contribution in [3.63, 3.8) is 0 Å². The highest BCUT2D eigenvalue weighted by molar-refractivity contribution is 4.93. The largest absolute Gasteiger partial charge is 0.390 e. The van der Waals surface area contributed by atoms with E-state index in [1.807, 2.05) is 0 Å². The van der Waals surface area contributed by atoms with Gasteiger partial charge in [0, 0.05) is 0 Å². The van der Waals surface area contributed by atoms with Crippen molar-refractivity contribution in [1.82, 2.24) is 0 Å². The molecule has 2 aliphatic carbocycles. The predicted molar refractivity (Wildman–Crippen MR) is 77.6 cm³/mol. The molecule has 2 saturated carbocycles. The second kappa shape index (κ2) is 6.41. The number of aliphatic hydroxyl groups is 1. The lowest BCUT2D eigenvalue weighted by Gasteiger charge is -2.44.